The molecule has 2 atom stereocenters. The largest absolute Gasteiger partial charge is 0.381 e. The molecule has 0 saturated heterocycles. The zero-order valence-electron chi connectivity index (χ0n) is 14.5. The van der Waals surface area contributed by atoms with Gasteiger partial charge in [0.15, 0.2) is 3.92 Å². The maximum Gasteiger partial charge on any atom is 0.266 e. The van der Waals surface area contributed by atoms with Crippen molar-refractivity contribution in [3.63, 3.8) is 0 Å². The molecule has 0 fully saturated rings. The molecule has 7 nitrogen and oxygen atoms in total. The third-order valence-corrected chi connectivity index (χ3v) is 6.41. The molecule has 4 rings (SSSR count). The molecule has 28 heavy (non-hydrogen) atoms. The van der Waals surface area contributed by atoms with E-state index in [2.05, 4.69) is 31.0 Å². The average molecular weight is 470 g/mol. The van der Waals surface area contributed by atoms with Gasteiger partial charge >= 0.3 is 0 Å². The average Bonchev–Trinajstić information content (AvgIpc) is 3.33. The van der Waals surface area contributed by atoms with E-state index < -0.39 is 23.3 Å². The first-order chi connectivity index (χ1) is 13.3. The van der Waals surface area contributed by atoms with Crippen molar-refractivity contribution in [2.24, 2.45) is 0 Å². The molecule has 0 radical (unpaired) electrons. The van der Waals surface area contributed by atoms with Gasteiger partial charge in [-0.3, -0.25) is 4.79 Å². The van der Waals surface area contributed by atoms with Gasteiger partial charge in [-0.15, -0.1) is 11.3 Å². The summed E-state index contributed by atoms with van der Waals surface area (Å²) in [5.41, 5.74) is -1.42. The summed E-state index contributed by atoms with van der Waals surface area (Å²) < 4.78 is 30.0. The van der Waals surface area contributed by atoms with Gasteiger partial charge in [0.2, 0.25) is 0 Å². The summed E-state index contributed by atoms with van der Waals surface area (Å²) in [7, 11) is 0. The molecule has 11 heteroatoms. The topological polar surface area (TPSA) is 84.1 Å². The Kier molecular flexibility index (Phi) is 4.76. The highest BCUT2D eigenvalue weighted by molar-refractivity contribution is 9.11. The van der Waals surface area contributed by atoms with Crippen LogP contribution in [0, 0.1) is 11.6 Å². The van der Waals surface area contributed by atoms with Gasteiger partial charge in [-0.2, -0.15) is 5.10 Å². The Balaban J connectivity index is 1.75. The maximum atomic E-state index is 14.6. The SMILES string of the molecule is C[C@@H](N1Cc2nc(Br)sc2C1=O)[C@](O)(Cn1cncn1)c1ccc(F)cc1F. The van der Waals surface area contributed by atoms with E-state index in [4.69, 9.17) is 0 Å². The molecule has 0 aliphatic carbocycles. The number of carbonyl (C=O) groups is 1. The summed E-state index contributed by atoms with van der Waals surface area (Å²) in [5, 5.41) is 15.5. The van der Waals surface area contributed by atoms with E-state index in [1.807, 2.05) is 0 Å². The molecule has 1 amide bonds. The quantitative estimate of drug-likeness (QED) is 0.620. The van der Waals surface area contributed by atoms with Gasteiger partial charge in [0.1, 0.15) is 34.8 Å². The van der Waals surface area contributed by atoms with Gasteiger partial charge in [0, 0.05) is 11.6 Å². The van der Waals surface area contributed by atoms with Crippen LogP contribution in [-0.2, 0) is 18.7 Å². The van der Waals surface area contributed by atoms with Crippen molar-refractivity contribution in [2.75, 3.05) is 0 Å². The highest BCUT2D eigenvalue weighted by atomic mass is 79.9. The summed E-state index contributed by atoms with van der Waals surface area (Å²) in [6.45, 7) is 1.62. The lowest BCUT2D eigenvalue weighted by atomic mass is 9.85. The van der Waals surface area contributed by atoms with E-state index in [0.29, 0.717) is 20.6 Å². The molecular weight excluding hydrogens is 456 g/mol. The molecule has 1 N–H and O–H groups in total. The second-order valence-electron chi connectivity index (χ2n) is 6.49. The predicted molar refractivity (Wildman–Crippen MR) is 99.4 cm³/mol. The number of fused-ring (bicyclic) bond motifs is 1. The molecular formula is C17H14BrF2N5O2S. The van der Waals surface area contributed by atoms with Crippen LogP contribution >= 0.6 is 27.3 Å². The fourth-order valence-electron chi connectivity index (χ4n) is 3.38. The summed E-state index contributed by atoms with van der Waals surface area (Å²) >= 11 is 4.46. The van der Waals surface area contributed by atoms with Crippen LogP contribution in [0.2, 0.25) is 0 Å². The first-order valence-electron chi connectivity index (χ1n) is 8.26. The van der Waals surface area contributed by atoms with Crippen molar-refractivity contribution in [1.82, 2.24) is 24.6 Å². The lowest BCUT2D eigenvalue weighted by Crippen LogP contribution is -2.52. The Bertz CT molecular complexity index is 1040. The summed E-state index contributed by atoms with van der Waals surface area (Å²) in [4.78, 5) is 22.9. The van der Waals surface area contributed by atoms with Crippen LogP contribution in [0.4, 0.5) is 8.78 Å². The monoisotopic (exact) mass is 469 g/mol. The number of aliphatic hydroxyl groups is 1. The highest BCUT2D eigenvalue weighted by Gasteiger charge is 2.46. The number of carbonyl (C=O) groups excluding carboxylic acids is 1. The number of nitrogens with zero attached hydrogens (tertiary/aromatic N) is 5. The molecule has 1 aromatic carbocycles. The number of hydrogen-bond acceptors (Lipinski definition) is 6. The molecule has 0 unspecified atom stereocenters. The second kappa shape index (κ2) is 6.98. The number of hydrogen-bond donors (Lipinski definition) is 1. The molecule has 2 aromatic heterocycles. The zero-order valence-corrected chi connectivity index (χ0v) is 16.9. The Labute approximate surface area is 170 Å². The van der Waals surface area contributed by atoms with Crippen LogP contribution in [0.5, 0.6) is 0 Å². The van der Waals surface area contributed by atoms with E-state index in [1.54, 1.807) is 6.92 Å². The molecule has 0 bridgehead atoms. The Morgan fingerprint density at radius 1 is 1.43 bits per heavy atom. The Morgan fingerprint density at radius 2 is 2.21 bits per heavy atom. The maximum absolute atomic E-state index is 14.6. The minimum Gasteiger partial charge on any atom is -0.381 e. The standard InChI is InChI=1S/C17H14BrF2N5O2S/c1-9(25-5-13-14(15(25)26)28-16(18)23-13)17(27,6-24-8-21-7-22-24)11-3-2-10(19)4-12(11)20/h2-4,7-9,27H,5-6H2,1H3/t9-,17-/m1/s1. The van der Waals surface area contributed by atoms with Crippen molar-refractivity contribution in [3.8, 4) is 0 Å². The number of halogens is 3. The van der Waals surface area contributed by atoms with Crippen molar-refractivity contribution < 1.29 is 18.7 Å². The van der Waals surface area contributed by atoms with E-state index >= 15 is 0 Å². The molecule has 1 aliphatic heterocycles. The number of rotatable bonds is 5. The first-order valence-corrected chi connectivity index (χ1v) is 9.87. The number of aromatic nitrogens is 4. The van der Waals surface area contributed by atoms with Crippen molar-refractivity contribution in [3.05, 3.63) is 62.5 Å². The minimum absolute atomic E-state index is 0.130. The van der Waals surface area contributed by atoms with Gasteiger partial charge in [0.25, 0.3) is 5.91 Å². The highest BCUT2D eigenvalue weighted by Crippen LogP contribution is 2.38. The third kappa shape index (κ3) is 3.12. The normalized spacial score (nSPS) is 16.9. The van der Waals surface area contributed by atoms with E-state index in [-0.39, 0.29) is 24.6 Å². The first kappa shape index (κ1) is 19.1. The lowest BCUT2D eigenvalue weighted by Gasteiger charge is -2.39. The number of benzene rings is 1. The molecule has 3 aromatic rings. The summed E-state index contributed by atoms with van der Waals surface area (Å²) in [6.07, 6.45) is 2.66. The van der Waals surface area contributed by atoms with Crippen molar-refractivity contribution >= 4 is 33.2 Å². The van der Waals surface area contributed by atoms with E-state index in [0.717, 1.165) is 6.07 Å². The van der Waals surface area contributed by atoms with Crippen LogP contribution in [0.3, 0.4) is 0 Å². The van der Waals surface area contributed by atoms with Gasteiger partial charge in [0.05, 0.1) is 24.8 Å². The number of thiazole rings is 1. The van der Waals surface area contributed by atoms with Gasteiger partial charge < -0.3 is 10.0 Å². The molecule has 3 heterocycles. The van der Waals surface area contributed by atoms with Gasteiger partial charge in [-0.25, -0.2) is 23.4 Å². The predicted octanol–water partition coefficient (Wildman–Crippen LogP) is 2.71. The van der Waals surface area contributed by atoms with Crippen LogP contribution in [0.1, 0.15) is 27.9 Å². The van der Waals surface area contributed by atoms with Crippen LogP contribution in [-0.4, -0.2) is 41.7 Å². The third-order valence-electron chi connectivity index (χ3n) is 4.87. The Morgan fingerprint density at radius 3 is 2.86 bits per heavy atom. The molecule has 0 saturated carbocycles. The Hall–Kier alpha value is -2.24. The summed E-state index contributed by atoms with van der Waals surface area (Å²) in [5.74, 6) is -1.97. The van der Waals surface area contributed by atoms with E-state index in [1.165, 1.54) is 39.6 Å². The van der Waals surface area contributed by atoms with Crippen molar-refractivity contribution in [1.29, 1.82) is 0 Å². The smallest absolute Gasteiger partial charge is 0.266 e. The van der Waals surface area contributed by atoms with Crippen LogP contribution < -0.4 is 0 Å². The second-order valence-corrected chi connectivity index (χ2v) is 8.77. The summed E-state index contributed by atoms with van der Waals surface area (Å²) in [6, 6.07) is 2.10. The minimum atomic E-state index is -1.88. The lowest BCUT2D eigenvalue weighted by molar-refractivity contribution is -0.0557. The molecule has 0 spiro atoms. The molecule has 146 valence electrons. The van der Waals surface area contributed by atoms with Crippen LogP contribution in [0.15, 0.2) is 34.8 Å². The fraction of sp³-hybridized carbons (Fsp3) is 0.294. The number of amides is 1. The van der Waals surface area contributed by atoms with Crippen LogP contribution in [0.25, 0.3) is 0 Å². The molecule has 1 aliphatic rings. The van der Waals surface area contributed by atoms with E-state index in [9.17, 15) is 18.7 Å². The zero-order chi connectivity index (χ0) is 20.1. The van der Waals surface area contributed by atoms with Gasteiger partial charge in [-0.1, -0.05) is 6.07 Å². The fourth-order valence-corrected chi connectivity index (χ4v) is 4.83. The van der Waals surface area contributed by atoms with Crippen molar-refractivity contribution in [2.45, 2.75) is 31.7 Å². The van der Waals surface area contributed by atoms with Gasteiger partial charge in [-0.05, 0) is 28.9 Å².